The Hall–Kier alpha value is -2.09. The second-order valence-corrected chi connectivity index (χ2v) is 10.0. The van der Waals surface area contributed by atoms with Gasteiger partial charge in [0, 0.05) is 27.6 Å². The van der Waals surface area contributed by atoms with E-state index in [1.807, 2.05) is 12.1 Å². The summed E-state index contributed by atoms with van der Waals surface area (Å²) in [6.45, 7) is 0.768. The average Bonchev–Trinajstić information content (AvgIpc) is 2.80. The van der Waals surface area contributed by atoms with Crippen molar-refractivity contribution in [1.29, 1.82) is 0 Å². The summed E-state index contributed by atoms with van der Waals surface area (Å²) in [5.41, 5.74) is 2.72. The van der Waals surface area contributed by atoms with Gasteiger partial charge >= 0.3 is 0 Å². The summed E-state index contributed by atoms with van der Waals surface area (Å²) in [6.07, 6.45) is 13.2. The molecule has 1 aliphatic carbocycles. The molecule has 0 unspecified atom stereocenters. The van der Waals surface area contributed by atoms with E-state index < -0.39 is 0 Å². The van der Waals surface area contributed by atoms with E-state index in [2.05, 4.69) is 55.2 Å². The van der Waals surface area contributed by atoms with Crippen molar-refractivity contribution in [1.82, 2.24) is 4.90 Å². The number of phenolic OH excluding ortho intramolecular Hbond substituents is 1. The number of aromatic hydroxyl groups is 1. The van der Waals surface area contributed by atoms with Crippen molar-refractivity contribution in [2.75, 3.05) is 19.5 Å². The average molecular weight is 578 g/mol. The van der Waals surface area contributed by atoms with Crippen LogP contribution in [0.1, 0.15) is 43.2 Å². The van der Waals surface area contributed by atoms with Crippen LogP contribution in [0.3, 0.4) is 0 Å². The van der Waals surface area contributed by atoms with E-state index in [1.54, 1.807) is 30.4 Å². The van der Waals surface area contributed by atoms with E-state index in [0.717, 1.165) is 32.3 Å². The van der Waals surface area contributed by atoms with Crippen LogP contribution in [0.5, 0.6) is 11.5 Å². The molecule has 2 aromatic rings. The number of ether oxygens (including phenoxy) is 1. The molecule has 3 rings (SSSR count). The van der Waals surface area contributed by atoms with Gasteiger partial charge in [0.25, 0.3) is 0 Å². The Morgan fingerprint density at radius 2 is 1.94 bits per heavy atom. The van der Waals surface area contributed by atoms with E-state index in [4.69, 9.17) is 4.74 Å². The number of amides is 1. The molecule has 33 heavy (non-hydrogen) atoms. The summed E-state index contributed by atoms with van der Waals surface area (Å²) in [5.74, 6) is 0.298. The number of hydrogen-bond donors (Lipinski definition) is 2. The van der Waals surface area contributed by atoms with Crippen LogP contribution >= 0.6 is 31.9 Å². The second kappa shape index (κ2) is 12.4. The number of halogens is 2. The Labute approximate surface area is 212 Å². The Balaban J connectivity index is 1.67. The summed E-state index contributed by atoms with van der Waals surface area (Å²) in [5, 5.41) is 12.7. The number of anilines is 1. The van der Waals surface area contributed by atoms with Crippen molar-refractivity contribution in [3.8, 4) is 11.5 Å². The van der Waals surface area contributed by atoms with Gasteiger partial charge in [-0.25, -0.2) is 0 Å². The zero-order valence-electron chi connectivity index (χ0n) is 19.0. The number of phenols is 1. The number of carbonyl (C=O) groups is 1. The normalized spacial score (nSPS) is 14.9. The summed E-state index contributed by atoms with van der Waals surface area (Å²) in [7, 11) is 3.67. The van der Waals surface area contributed by atoms with Gasteiger partial charge in [-0.3, -0.25) is 9.69 Å². The number of allylic oxidation sites excluding steroid dienone is 2. The maximum Gasteiger partial charge on any atom is 0.248 e. The van der Waals surface area contributed by atoms with E-state index in [0.29, 0.717) is 11.8 Å². The first-order valence-corrected chi connectivity index (χ1v) is 12.7. The molecule has 1 fully saturated rings. The number of nitrogens with zero attached hydrogens (tertiary/aromatic N) is 1. The van der Waals surface area contributed by atoms with Gasteiger partial charge in [0.2, 0.25) is 5.91 Å². The Morgan fingerprint density at radius 3 is 2.67 bits per heavy atom. The highest BCUT2D eigenvalue weighted by atomic mass is 79.9. The highest BCUT2D eigenvalue weighted by Gasteiger charge is 2.20. The summed E-state index contributed by atoms with van der Waals surface area (Å²) >= 11 is 7.19. The third-order valence-corrected chi connectivity index (χ3v) is 6.94. The van der Waals surface area contributed by atoms with Crippen molar-refractivity contribution < 1.29 is 14.6 Å². The van der Waals surface area contributed by atoms with Gasteiger partial charge in [-0.05, 0) is 71.2 Å². The smallest absolute Gasteiger partial charge is 0.248 e. The molecule has 0 atom stereocenters. The molecule has 5 nitrogen and oxygen atoms in total. The van der Waals surface area contributed by atoms with Gasteiger partial charge in [0.15, 0.2) is 11.5 Å². The minimum Gasteiger partial charge on any atom is -0.504 e. The first kappa shape index (κ1) is 25.5. The molecule has 176 valence electrons. The monoisotopic (exact) mass is 576 g/mol. The van der Waals surface area contributed by atoms with Crippen molar-refractivity contribution in [3.63, 3.8) is 0 Å². The molecular weight excluding hydrogens is 548 g/mol. The fraction of sp³-hybridized carbons (Fsp3) is 0.346. The van der Waals surface area contributed by atoms with Gasteiger partial charge in [0.05, 0.1) is 12.8 Å². The highest BCUT2D eigenvalue weighted by Crippen LogP contribution is 2.33. The zero-order chi connectivity index (χ0) is 23.8. The molecule has 0 heterocycles. The van der Waals surface area contributed by atoms with Gasteiger partial charge in [-0.1, -0.05) is 59.5 Å². The van der Waals surface area contributed by atoms with Gasteiger partial charge < -0.3 is 15.2 Å². The molecular formula is C26H30Br2N2O3. The number of nitrogens with one attached hydrogen (secondary N) is 1. The number of hydrogen-bond acceptors (Lipinski definition) is 4. The fourth-order valence-corrected chi connectivity index (χ4v) is 5.50. The van der Waals surface area contributed by atoms with E-state index >= 15 is 0 Å². The largest absolute Gasteiger partial charge is 0.504 e. The standard InChI is InChI=1S/C26H30Br2N2O3/c1-30(21-9-4-3-5-10-21)17-19-15-20(27)16-22(28)26(19)29-25(32)11-7-6-8-18-12-13-23(31)24(14-18)33-2/h6-8,11-16,21,31H,3-5,9-10,17H2,1-2H3,(H,29,32). The van der Waals surface area contributed by atoms with Crippen LogP contribution in [0.2, 0.25) is 0 Å². The lowest BCUT2D eigenvalue weighted by Gasteiger charge is -2.31. The Bertz CT molecular complexity index is 1030. The molecule has 7 heteroatoms. The molecule has 0 radical (unpaired) electrons. The van der Waals surface area contributed by atoms with Crippen molar-refractivity contribution in [2.24, 2.45) is 0 Å². The number of benzene rings is 2. The summed E-state index contributed by atoms with van der Waals surface area (Å²) in [6, 6.07) is 9.68. The fourth-order valence-electron chi connectivity index (χ4n) is 4.08. The topological polar surface area (TPSA) is 61.8 Å². The van der Waals surface area contributed by atoms with E-state index in [9.17, 15) is 9.90 Å². The Kier molecular flexibility index (Phi) is 9.59. The molecule has 1 saturated carbocycles. The number of carbonyl (C=O) groups excluding carboxylic acids is 1. The highest BCUT2D eigenvalue weighted by molar-refractivity contribution is 9.11. The van der Waals surface area contributed by atoms with Crippen LogP contribution in [0.4, 0.5) is 5.69 Å². The first-order chi connectivity index (χ1) is 15.9. The minimum absolute atomic E-state index is 0.0922. The lowest BCUT2D eigenvalue weighted by Crippen LogP contribution is -2.33. The minimum atomic E-state index is -0.201. The summed E-state index contributed by atoms with van der Waals surface area (Å²) in [4.78, 5) is 15.0. The molecule has 2 N–H and O–H groups in total. The van der Waals surface area contributed by atoms with Crippen molar-refractivity contribution in [3.05, 3.63) is 68.6 Å². The number of methoxy groups -OCH3 is 1. The van der Waals surface area contributed by atoms with Crippen molar-refractivity contribution in [2.45, 2.75) is 44.7 Å². The van der Waals surface area contributed by atoms with Gasteiger partial charge in [-0.2, -0.15) is 0 Å². The van der Waals surface area contributed by atoms with Crippen LogP contribution in [-0.4, -0.2) is 36.1 Å². The molecule has 2 aromatic carbocycles. The maximum absolute atomic E-state index is 12.6. The lowest BCUT2D eigenvalue weighted by atomic mass is 9.94. The maximum atomic E-state index is 12.6. The molecule has 0 bridgehead atoms. The van der Waals surface area contributed by atoms with Crippen molar-refractivity contribution >= 4 is 49.5 Å². The van der Waals surface area contributed by atoms with Crippen LogP contribution in [0.25, 0.3) is 6.08 Å². The molecule has 0 aromatic heterocycles. The van der Waals surface area contributed by atoms with E-state index in [1.165, 1.54) is 45.3 Å². The predicted molar refractivity (Wildman–Crippen MR) is 142 cm³/mol. The molecule has 1 amide bonds. The van der Waals surface area contributed by atoms with Crippen LogP contribution in [0, 0.1) is 0 Å². The molecule has 0 aliphatic heterocycles. The SMILES string of the molecule is COc1cc(C=CC=CC(=O)Nc2c(Br)cc(Br)cc2CN(C)C2CCCCC2)ccc1O. The Morgan fingerprint density at radius 1 is 1.18 bits per heavy atom. The van der Waals surface area contributed by atoms with Gasteiger partial charge in [-0.15, -0.1) is 0 Å². The second-order valence-electron chi connectivity index (χ2n) is 8.27. The van der Waals surface area contributed by atoms with Crippen LogP contribution < -0.4 is 10.1 Å². The number of rotatable bonds is 8. The van der Waals surface area contributed by atoms with Gasteiger partial charge in [0.1, 0.15) is 0 Å². The van der Waals surface area contributed by atoms with E-state index in [-0.39, 0.29) is 11.7 Å². The third kappa shape index (κ3) is 7.45. The third-order valence-electron chi connectivity index (χ3n) is 5.85. The predicted octanol–water partition coefficient (Wildman–Crippen LogP) is 6.90. The zero-order valence-corrected chi connectivity index (χ0v) is 22.2. The summed E-state index contributed by atoms with van der Waals surface area (Å²) < 4.78 is 6.94. The first-order valence-electron chi connectivity index (χ1n) is 11.1. The quantitative estimate of drug-likeness (QED) is 0.265. The lowest BCUT2D eigenvalue weighted by molar-refractivity contribution is -0.111. The van der Waals surface area contributed by atoms with Crippen LogP contribution in [-0.2, 0) is 11.3 Å². The van der Waals surface area contributed by atoms with Crippen LogP contribution in [0.15, 0.2) is 57.5 Å². The molecule has 0 spiro atoms. The molecule has 0 saturated heterocycles. The molecule has 1 aliphatic rings.